The van der Waals surface area contributed by atoms with Crippen molar-refractivity contribution in [3.05, 3.63) is 119 Å². The summed E-state index contributed by atoms with van der Waals surface area (Å²) in [5.74, 6) is -3.05. The minimum absolute atomic E-state index is 0.119. The molecule has 4 nitrogen and oxygen atoms in total. The highest BCUT2D eigenvalue weighted by Crippen LogP contribution is 2.42. The van der Waals surface area contributed by atoms with Crippen molar-refractivity contribution >= 4 is 33.9 Å². The maximum absolute atomic E-state index is 13.6. The van der Waals surface area contributed by atoms with Gasteiger partial charge >= 0.3 is 0 Å². The zero-order valence-electron chi connectivity index (χ0n) is 17.2. The lowest BCUT2D eigenvalue weighted by molar-refractivity contribution is -0.132. The molecule has 1 unspecified atom stereocenters. The number of halogens is 2. The molecule has 6 heteroatoms. The molecule has 5 rings (SSSR count). The van der Waals surface area contributed by atoms with E-state index in [1.54, 1.807) is 12.1 Å². The van der Waals surface area contributed by atoms with E-state index >= 15 is 0 Å². The standard InChI is InChI=1S/C27H17F2NO3/c28-20-9-7-17(8-10-20)24-23(25(31)19-6-5-16-3-1-2-4-18(16)15-19)26(32)27(33)30(24)22-13-11-21(29)12-14-22/h1-15,24,31H/b25-23-. The molecular weight excluding hydrogens is 424 g/mol. The third-order valence-electron chi connectivity index (χ3n) is 5.76. The molecule has 4 aromatic rings. The van der Waals surface area contributed by atoms with Crippen LogP contribution in [0, 0.1) is 11.6 Å². The predicted molar refractivity (Wildman–Crippen MR) is 122 cm³/mol. The molecule has 1 heterocycles. The number of hydrogen-bond acceptors (Lipinski definition) is 3. The third kappa shape index (κ3) is 3.55. The summed E-state index contributed by atoms with van der Waals surface area (Å²) in [7, 11) is 0. The van der Waals surface area contributed by atoms with Crippen LogP contribution in [-0.2, 0) is 9.59 Å². The van der Waals surface area contributed by atoms with Crippen LogP contribution in [0.1, 0.15) is 17.2 Å². The van der Waals surface area contributed by atoms with Gasteiger partial charge in [0, 0.05) is 11.3 Å². The van der Waals surface area contributed by atoms with E-state index in [-0.39, 0.29) is 17.0 Å². The Balaban J connectivity index is 1.72. The number of nitrogens with zero attached hydrogens (tertiary/aromatic N) is 1. The summed E-state index contributed by atoms with van der Waals surface area (Å²) in [4.78, 5) is 27.4. The van der Waals surface area contributed by atoms with Gasteiger partial charge in [-0.1, -0.05) is 48.5 Å². The average Bonchev–Trinajstić information content (AvgIpc) is 3.10. The Kier molecular flexibility index (Phi) is 4.98. The highest BCUT2D eigenvalue weighted by molar-refractivity contribution is 6.51. The molecule has 1 atom stereocenters. The first-order valence-corrected chi connectivity index (χ1v) is 10.3. The molecule has 1 aliphatic rings. The highest BCUT2D eigenvalue weighted by Gasteiger charge is 2.47. The molecular formula is C27H17F2NO3. The molecule has 0 aromatic heterocycles. The average molecular weight is 441 g/mol. The second-order valence-corrected chi connectivity index (χ2v) is 7.76. The molecule has 162 valence electrons. The van der Waals surface area contributed by atoms with Gasteiger partial charge < -0.3 is 5.11 Å². The SMILES string of the molecule is O=C1C(=O)N(c2ccc(F)cc2)C(c2ccc(F)cc2)/C1=C(/O)c1ccc2ccccc2c1. The summed E-state index contributed by atoms with van der Waals surface area (Å²) in [5.41, 5.74) is 0.969. The summed E-state index contributed by atoms with van der Waals surface area (Å²) in [6, 6.07) is 22.2. The number of Topliss-reactive ketones (excluding diaryl/α,β-unsaturated/α-hetero) is 1. The van der Waals surface area contributed by atoms with E-state index in [0.29, 0.717) is 11.1 Å². The van der Waals surface area contributed by atoms with Crippen LogP contribution in [0.5, 0.6) is 0 Å². The summed E-state index contributed by atoms with van der Waals surface area (Å²) >= 11 is 0. The highest BCUT2D eigenvalue weighted by atomic mass is 19.1. The molecule has 1 N–H and O–H groups in total. The topological polar surface area (TPSA) is 57.6 Å². The Labute approximate surface area is 188 Å². The number of carbonyl (C=O) groups excluding carboxylic acids is 2. The molecule has 1 saturated heterocycles. The largest absolute Gasteiger partial charge is 0.507 e. The minimum Gasteiger partial charge on any atom is -0.507 e. The first kappa shape index (κ1) is 20.6. The van der Waals surface area contributed by atoms with Crippen molar-refractivity contribution in [1.29, 1.82) is 0 Å². The molecule has 1 aliphatic heterocycles. The first-order valence-electron chi connectivity index (χ1n) is 10.3. The Morgan fingerprint density at radius 3 is 2.03 bits per heavy atom. The number of fused-ring (bicyclic) bond motifs is 1. The van der Waals surface area contributed by atoms with Crippen LogP contribution in [0.25, 0.3) is 16.5 Å². The van der Waals surface area contributed by atoms with Gasteiger partial charge in [0.05, 0.1) is 11.6 Å². The van der Waals surface area contributed by atoms with E-state index in [0.717, 1.165) is 10.8 Å². The molecule has 0 spiro atoms. The zero-order valence-corrected chi connectivity index (χ0v) is 17.2. The van der Waals surface area contributed by atoms with Crippen LogP contribution >= 0.6 is 0 Å². The number of benzene rings is 4. The molecule has 1 amide bonds. The number of ketones is 1. The van der Waals surface area contributed by atoms with E-state index in [9.17, 15) is 23.5 Å². The fourth-order valence-corrected chi connectivity index (χ4v) is 4.15. The molecule has 1 fully saturated rings. The maximum Gasteiger partial charge on any atom is 0.300 e. The van der Waals surface area contributed by atoms with Gasteiger partial charge in [-0.2, -0.15) is 0 Å². The van der Waals surface area contributed by atoms with Crippen LogP contribution in [0.4, 0.5) is 14.5 Å². The number of hydrogen-bond donors (Lipinski definition) is 1. The number of aliphatic hydroxyl groups is 1. The van der Waals surface area contributed by atoms with Crippen LogP contribution in [-0.4, -0.2) is 16.8 Å². The first-order chi connectivity index (χ1) is 15.9. The van der Waals surface area contributed by atoms with Gasteiger partial charge in [-0.25, -0.2) is 8.78 Å². The van der Waals surface area contributed by atoms with Crippen LogP contribution in [0.3, 0.4) is 0 Å². The van der Waals surface area contributed by atoms with Crippen LogP contribution in [0.15, 0.2) is 96.6 Å². The Hall–Kier alpha value is -4.32. The Morgan fingerprint density at radius 2 is 1.36 bits per heavy atom. The predicted octanol–water partition coefficient (Wildman–Crippen LogP) is 5.74. The van der Waals surface area contributed by atoms with Gasteiger partial charge in [-0.05, 0) is 58.8 Å². The number of rotatable bonds is 3. The van der Waals surface area contributed by atoms with Crippen molar-refractivity contribution in [2.75, 3.05) is 4.90 Å². The molecule has 0 bridgehead atoms. The number of amides is 1. The normalized spacial score (nSPS) is 17.6. The fourth-order valence-electron chi connectivity index (χ4n) is 4.15. The van der Waals surface area contributed by atoms with Gasteiger partial charge in [0.15, 0.2) is 0 Å². The monoisotopic (exact) mass is 441 g/mol. The molecule has 33 heavy (non-hydrogen) atoms. The number of aliphatic hydroxyl groups excluding tert-OH is 1. The van der Waals surface area contributed by atoms with E-state index in [1.165, 1.54) is 53.4 Å². The maximum atomic E-state index is 13.6. The van der Waals surface area contributed by atoms with Crippen molar-refractivity contribution in [2.24, 2.45) is 0 Å². The summed E-state index contributed by atoms with van der Waals surface area (Å²) in [6.45, 7) is 0. The summed E-state index contributed by atoms with van der Waals surface area (Å²) in [6.07, 6.45) is 0. The van der Waals surface area contributed by atoms with Crippen molar-refractivity contribution < 1.29 is 23.5 Å². The molecule has 0 radical (unpaired) electrons. The van der Waals surface area contributed by atoms with Crippen molar-refractivity contribution in [3.63, 3.8) is 0 Å². The third-order valence-corrected chi connectivity index (χ3v) is 5.76. The Bertz CT molecular complexity index is 1430. The molecule has 0 aliphatic carbocycles. The lowest BCUT2D eigenvalue weighted by Gasteiger charge is -2.25. The van der Waals surface area contributed by atoms with Crippen molar-refractivity contribution in [2.45, 2.75) is 6.04 Å². The lowest BCUT2D eigenvalue weighted by Crippen LogP contribution is -2.29. The summed E-state index contributed by atoms with van der Waals surface area (Å²) < 4.78 is 27.1. The number of carbonyl (C=O) groups is 2. The molecule has 0 saturated carbocycles. The van der Waals surface area contributed by atoms with Crippen LogP contribution < -0.4 is 4.90 Å². The lowest BCUT2D eigenvalue weighted by atomic mass is 9.94. The van der Waals surface area contributed by atoms with E-state index in [1.807, 2.05) is 30.3 Å². The minimum atomic E-state index is -1.01. The van der Waals surface area contributed by atoms with E-state index in [4.69, 9.17) is 0 Å². The Morgan fingerprint density at radius 1 is 0.758 bits per heavy atom. The second-order valence-electron chi connectivity index (χ2n) is 7.76. The van der Waals surface area contributed by atoms with Gasteiger partial charge in [0.1, 0.15) is 17.4 Å². The smallest absolute Gasteiger partial charge is 0.300 e. The van der Waals surface area contributed by atoms with Gasteiger partial charge in [-0.3, -0.25) is 14.5 Å². The second kappa shape index (κ2) is 7.98. The number of anilines is 1. The van der Waals surface area contributed by atoms with E-state index in [2.05, 4.69) is 0 Å². The quantitative estimate of drug-likeness (QED) is 0.250. The van der Waals surface area contributed by atoms with Crippen molar-refractivity contribution in [1.82, 2.24) is 0 Å². The van der Waals surface area contributed by atoms with E-state index < -0.39 is 29.4 Å². The zero-order chi connectivity index (χ0) is 23.1. The summed E-state index contributed by atoms with van der Waals surface area (Å²) in [5, 5.41) is 13.0. The van der Waals surface area contributed by atoms with Crippen LogP contribution in [0.2, 0.25) is 0 Å². The van der Waals surface area contributed by atoms with Crippen molar-refractivity contribution in [3.8, 4) is 0 Å². The van der Waals surface area contributed by atoms with Gasteiger partial charge in [0.2, 0.25) is 0 Å². The van der Waals surface area contributed by atoms with Gasteiger partial charge in [-0.15, -0.1) is 0 Å². The molecule has 4 aromatic carbocycles. The van der Waals surface area contributed by atoms with Gasteiger partial charge in [0.25, 0.3) is 11.7 Å². The fraction of sp³-hybridized carbons (Fsp3) is 0.0370.